The molecule has 2 N–H and O–H groups in total. The van der Waals surface area contributed by atoms with Crippen LogP contribution in [0.4, 0.5) is 11.4 Å². The molecule has 0 atom stereocenters. The molecule has 1 aliphatic rings. The number of sulfonamides is 1. The first-order chi connectivity index (χ1) is 11.0. The van der Waals surface area contributed by atoms with Crippen LogP contribution in [0.25, 0.3) is 0 Å². The molecule has 7 heteroatoms. The first-order valence-corrected chi connectivity index (χ1v) is 8.65. The summed E-state index contributed by atoms with van der Waals surface area (Å²) in [5.41, 5.74) is 1.71. The molecule has 0 saturated carbocycles. The first kappa shape index (κ1) is 15.4. The zero-order valence-electron chi connectivity index (χ0n) is 12.5. The molecule has 1 amide bonds. The van der Waals surface area contributed by atoms with Gasteiger partial charge in [0.1, 0.15) is 5.75 Å². The molecular weight excluding hydrogens is 316 g/mol. The van der Waals surface area contributed by atoms with Crippen LogP contribution in [-0.4, -0.2) is 20.9 Å². The minimum atomic E-state index is -3.76. The molecular formula is C16H16N2O4S. The number of hydrogen-bond acceptors (Lipinski definition) is 4. The van der Waals surface area contributed by atoms with Crippen molar-refractivity contribution in [2.75, 3.05) is 16.6 Å². The zero-order valence-corrected chi connectivity index (χ0v) is 13.3. The average Bonchev–Trinajstić information content (AvgIpc) is 2.88. The van der Waals surface area contributed by atoms with Gasteiger partial charge in [-0.15, -0.1) is 0 Å². The maximum atomic E-state index is 12.6. The van der Waals surface area contributed by atoms with Crippen LogP contribution in [0.5, 0.6) is 5.75 Å². The third-order valence-electron chi connectivity index (χ3n) is 3.44. The van der Waals surface area contributed by atoms with Crippen LogP contribution in [0, 0.1) is 0 Å². The largest absolute Gasteiger partial charge is 0.492 e. The third kappa shape index (κ3) is 3.14. The summed E-state index contributed by atoms with van der Waals surface area (Å²) >= 11 is 0. The summed E-state index contributed by atoms with van der Waals surface area (Å²) in [7, 11) is -3.76. The fourth-order valence-corrected chi connectivity index (χ4v) is 3.53. The number of ether oxygens (including phenoxy) is 1. The fourth-order valence-electron chi connectivity index (χ4n) is 2.41. The van der Waals surface area contributed by atoms with Crippen molar-refractivity contribution in [1.82, 2.24) is 0 Å². The van der Waals surface area contributed by atoms with E-state index in [1.165, 1.54) is 12.1 Å². The predicted octanol–water partition coefficient (Wildman–Crippen LogP) is 2.38. The summed E-state index contributed by atoms with van der Waals surface area (Å²) in [5.74, 6) is 0.334. The minimum absolute atomic E-state index is 0.110. The van der Waals surface area contributed by atoms with Gasteiger partial charge in [-0.1, -0.05) is 12.1 Å². The molecule has 6 nitrogen and oxygen atoms in total. The van der Waals surface area contributed by atoms with E-state index in [-0.39, 0.29) is 17.2 Å². The normalized spacial score (nSPS) is 13.3. The van der Waals surface area contributed by atoms with E-state index < -0.39 is 10.0 Å². The Balaban J connectivity index is 1.91. The quantitative estimate of drug-likeness (QED) is 0.880. The molecule has 23 heavy (non-hydrogen) atoms. The third-order valence-corrected chi connectivity index (χ3v) is 4.81. The highest BCUT2D eigenvalue weighted by molar-refractivity contribution is 7.92. The predicted molar refractivity (Wildman–Crippen MR) is 87.2 cm³/mol. The van der Waals surface area contributed by atoms with E-state index in [0.29, 0.717) is 29.3 Å². The molecule has 0 aliphatic carbocycles. The number of anilines is 2. The Morgan fingerprint density at radius 2 is 2.00 bits per heavy atom. The van der Waals surface area contributed by atoms with Crippen molar-refractivity contribution in [3.05, 3.63) is 48.0 Å². The summed E-state index contributed by atoms with van der Waals surface area (Å²) in [6.45, 7) is 2.27. The molecule has 0 saturated heterocycles. The highest BCUT2D eigenvalue weighted by Crippen LogP contribution is 2.29. The SMILES string of the molecule is CCOc1ccccc1NS(=O)(=O)c1ccc2c(c1)CC(=O)N2. The van der Waals surface area contributed by atoms with E-state index >= 15 is 0 Å². The standard InChI is InChI=1S/C16H16N2O4S/c1-2-22-15-6-4-3-5-14(15)18-23(20,21)12-7-8-13-11(9-12)10-16(19)17-13/h3-9,18H,2,10H2,1H3,(H,17,19). The lowest BCUT2D eigenvalue weighted by molar-refractivity contribution is -0.115. The Bertz CT molecular complexity index is 862. The number of rotatable bonds is 5. The lowest BCUT2D eigenvalue weighted by Gasteiger charge is -2.13. The molecule has 0 aromatic heterocycles. The van der Waals surface area contributed by atoms with Crippen molar-refractivity contribution in [2.24, 2.45) is 0 Å². The number of fused-ring (bicyclic) bond motifs is 1. The van der Waals surface area contributed by atoms with Gasteiger partial charge < -0.3 is 10.1 Å². The van der Waals surface area contributed by atoms with E-state index in [9.17, 15) is 13.2 Å². The summed E-state index contributed by atoms with van der Waals surface area (Å²) < 4.78 is 33.1. The highest BCUT2D eigenvalue weighted by Gasteiger charge is 2.22. The monoisotopic (exact) mass is 332 g/mol. The van der Waals surface area contributed by atoms with Gasteiger partial charge in [0.15, 0.2) is 0 Å². The van der Waals surface area contributed by atoms with Crippen LogP contribution in [0.2, 0.25) is 0 Å². The molecule has 0 radical (unpaired) electrons. The van der Waals surface area contributed by atoms with Gasteiger partial charge in [0.05, 0.1) is 23.6 Å². The lowest BCUT2D eigenvalue weighted by atomic mass is 10.2. The number of benzene rings is 2. The van der Waals surface area contributed by atoms with Gasteiger partial charge in [-0.05, 0) is 42.8 Å². The molecule has 2 aromatic carbocycles. The maximum Gasteiger partial charge on any atom is 0.262 e. The van der Waals surface area contributed by atoms with E-state index in [0.717, 1.165) is 0 Å². The number of nitrogens with one attached hydrogen (secondary N) is 2. The topological polar surface area (TPSA) is 84.5 Å². The number of hydrogen-bond donors (Lipinski definition) is 2. The summed E-state index contributed by atoms with van der Waals surface area (Å²) in [4.78, 5) is 11.5. The molecule has 1 aliphatic heterocycles. The van der Waals surface area contributed by atoms with Crippen molar-refractivity contribution in [3.8, 4) is 5.75 Å². The van der Waals surface area contributed by atoms with Gasteiger partial charge >= 0.3 is 0 Å². The first-order valence-electron chi connectivity index (χ1n) is 7.17. The molecule has 0 unspecified atom stereocenters. The second kappa shape index (κ2) is 5.92. The number of amides is 1. The Morgan fingerprint density at radius 1 is 1.22 bits per heavy atom. The van der Waals surface area contributed by atoms with Gasteiger partial charge in [0, 0.05) is 5.69 Å². The van der Waals surface area contributed by atoms with Crippen LogP contribution < -0.4 is 14.8 Å². The molecule has 0 spiro atoms. The van der Waals surface area contributed by atoms with Gasteiger partial charge in [-0.3, -0.25) is 9.52 Å². The van der Waals surface area contributed by atoms with E-state index in [1.54, 1.807) is 30.3 Å². The van der Waals surface area contributed by atoms with Crippen molar-refractivity contribution in [1.29, 1.82) is 0 Å². The Kier molecular flexibility index (Phi) is 3.96. The van der Waals surface area contributed by atoms with Crippen molar-refractivity contribution < 1.29 is 17.9 Å². The highest BCUT2D eigenvalue weighted by atomic mass is 32.2. The second-order valence-corrected chi connectivity index (χ2v) is 6.76. The lowest BCUT2D eigenvalue weighted by Crippen LogP contribution is -2.14. The molecule has 3 rings (SSSR count). The van der Waals surface area contributed by atoms with Crippen LogP contribution in [0.3, 0.4) is 0 Å². The van der Waals surface area contributed by atoms with Crippen LogP contribution in [0.1, 0.15) is 12.5 Å². The van der Waals surface area contributed by atoms with Crippen molar-refractivity contribution in [2.45, 2.75) is 18.2 Å². The maximum absolute atomic E-state index is 12.6. The van der Waals surface area contributed by atoms with E-state index in [4.69, 9.17) is 4.74 Å². The minimum Gasteiger partial charge on any atom is -0.492 e. The van der Waals surface area contributed by atoms with Crippen molar-refractivity contribution >= 4 is 27.3 Å². The fraction of sp³-hybridized carbons (Fsp3) is 0.188. The number of para-hydroxylation sites is 2. The molecule has 1 heterocycles. The molecule has 0 fully saturated rings. The molecule has 2 aromatic rings. The summed E-state index contributed by atoms with van der Waals surface area (Å²) in [5, 5.41) is 2.68. The Hall–Kier alpha value is -2.54. The summed E-state index contributed by atoms with van der Waals surface area (Å²) in [6.07, 6.45) is 0.189. The zero-order chi connectivity index (χ0) is 16.4. The molecule has 120 valence electrons. The Morgan fingerprint density at radius 3 is 2.78 bits per heavy atom. The number of carbonyl (C=O) groups is 1. The van der Waals surface area contributed by atoms with Gasteiger partial charge in [0.25, 0.3) is 10.0 Å². The van der Waals surface area contributed by atoms with Crippen LogP contribution in [-0.2, 0) is 21.2 Å². The van der Waals surface area contributed by atoms with Gasteiger partial charge in [0.2, 0.25) is 5.91 Å². The average molecular weight is 332 g/mol. The smallest absolute Gasteiger partial charge is 0.262 e. The van der Waals surface area contributed by atoms with E-state index in [1.807, 2.05) is 6.92 Å². The summed E-state index contributed by atoms with van der Waals surface area (Å²) in [6, 6.07) is 11.4. The van der Waals surface area contributed by atoms with Gasteiger partial charge in [-0.25, -0.2) is 8.42 Å². The Labute approximate surface area is 134 Å². The second-order valence-electron chi connectivity index (χ2n) is 5.08. The van der Waals surface area contributed by atoms with Gasteiger partial charge in [-0.2, -0.15) is 0 Å². The van der Waals surface area contributed by atoms with Crippen LogP contribution in [0.15, 0.2) is 47.4 Å². The number of carbonyl (C=O) groups excluding carboxylic acids is 1. The van der Waals surface area contributed by atoms with Crippen LogP contribution >= 0.6 is 0 Å². The molecule has 0 bridgehead atoms. The van der Waals surface area contributed by atoms with E-state index in [2.05, 4.69) is 10.0 Å². The van der Waals surface area contributed by atoms with Crippen molar-refractivity contribution in [3.63, 3.8) is 0 Å².